The number of carbonyl (C=O) groups is 1. The van der Waals surface area contributed by atoms with E-state index in [-0.39, 0.29) is 22.4 Å². The third kappa shape index (κ3) is 3.68. The topological polar surface area (TPSA) is 88.2 Å². The van der Waals surface area contributed by atoms with Gasteiger partial charge in [-0.3, -0.25) is 9.36 Å². The van der Waals surface area contributed by atoms with E-state index < -0.39 is 5.97 Å². The number of hydrogen-bond acceptors (Lipinski definition) is 7. The number of fused-ring (bicyclic) bond motifs is 1. The van der Waals surface area contributed by atoms with Crippen molar-refractivity contribution in [2.75, 3.05) is 14.2 Å². The molecule has 0 radical (unpaired) electrons. The van der Waals surface area contributed by atoms with Crippen molar-refractivity contribution in [3.05, 3.63) is 89.1 Å². The third-order valence-corrected chi connectivity index (χ3v) is 6.22. The van der Waals surface area contributed by atoms with Crippen LogP contribution in [0, 0.1) is 0 Å². The summed E-state index contributed by atoms with van der Waals surface area (Å²) in [5, 5.41) is 5.04. The number of pyridine rings is 1. The molecule has 0 aliphatic carbocycles. The summed E-state index contributed by atoms with van der Waals surface area (Å²) in [5.41, 5.74) is 1.96. The van der Waals surface area contributed by atoms with Gasteiger partial charge in [0.1, 0.15) is 17.0 Å². The van der Waals surface area contributed by atoms with E-state index in [2.05, 4.69) is 10.1 Å². The molecular formula is C24H18N4O4S. The standard InChI is InChI=1S/C24H18N4O4S/c1-31-17-10-8-16(9-11-17)28-22(29)18-13-27(14-19(21(18)26-28)23(30)32-2)24-25-12-20(33-24)15-6-4-3-5-7-15/h3-14H,1-2H3. The number of ether oxygens (including phenoxy) is 2. The number of methoxy groups -OCH3 is 2. The van der Waals surface area contributed by atoms with Gasteiger partial charge in [-0.25, -0.2) is 9.78 Å². The Morgan fingerprint density at radius 1 is 1.00 bits per heavy atom. The van der Waals surface area contributed by atoms with Gasteiger partial charge in [0, 0.05) is 18.6 Å². The van der Waals surface area contributed by atoms with Crippen LogP contribution in [-0.2, 0) is 4.74 Å². The fourth-order valence-corrected chi connectivity index (χ4v) is 4.37. The maximum Gasteiger partial charge on any atom is 0.341 e. The molecule has 0 unspecified atom stereocenters. The number of carbonyl (C=O) groups excluding carboxylic acids is 1. The van der Waals surface area contributed by atoms with Crippen LogP contribution in [0.5, 0.6) is 5.75 Å². The Kier molecular flexibility index (Phi) is 5.23. The van der Waals surface area contributed by atoms with Crippen molar-refractivity contribution < 1.29 is 14.3 Å². The highest BCUT2D eigenvalue weighted by Crippen LogP contribution is 2.30. The lowest BCUT2D eigenvalue weighted by molar-refractivity contribution is 0.0600. The Balaban J connectivity index is 1.66. The summed E-state index contributed by atoms with van der Waals surface area (Å²) >= 11 is 1.45. The molecule has 0 amide bonds. The Bertz CT molecular complexity index is 1470. The second-order valence-electron chi connectivity index (χ2n) is 7.12. The van der Waals surface area contributed by atoms with Crippen molar-refractivity contribution >= 4 is 17.3 Å². The Morgan fingerprint density at radius 3 is 2.45 bits per heavy atom. The van der Waals surface area contributed by atoms with Crippen molar-refractivity contribution in [2.45, 2.75) is 0 Å². The van der Waals surface area contributed by atoms with E-state index in [1.54, 1.807) is 54.5 Å². The molecule has 2 aliphatic rings. The second-order valence-corrected chi connectivity index (χ2v) is 8.13. The summed E-state index contributed by atoms with van der Waals surface area (Å²) in [6, 6.07) is 16.8. The molecule has 0 saturated carbocycles. The van der Waals surface area contributed by atoms with Crippen LogP contribution in [0.3, 0.4) is 0 Å². The molecule has 2 aromatic carbocycles. The lowest BCUT2D eigenvalue weighted by Gasteiger charge is -2.09. The molecule has 8 nitrogen and oxygen atoms in total. The zero-order valence-corrected chi connectivity index (χ0v) is 18.6. The van der Waals surface area contributed by atoms with E-state index in [1.807, 2.05) is 30.3 Å². The lowest BCUT2D eigenvalue weighted by atomic mass is 10.1. The van der Waals surface area contributed by atoms with Gasteiger partial charge in [-0.15, -0.1) is 0 Å². The molecule has 5 rings (SSSR count). The number of benzene rings is 2. The minimum absolute atomic E-state index is 0.177. The van der Waals surface area contributed by atoms with Crippen molar-refractivity contribution in [1.82, 2.24) is 19.3 Å². The van der Waals surface area contributed by atoms with Gasteiger partial charge < -0.3 is 9.47 Å². The van der Waals surface area contributed by atoms with Crippen LogP contribution in [0.1, 0.15) is 10.4 Å². The summed E-state index contributed by atoms with van der Waals surface area (Å²) in [5.74, 6) is 0.0718. The van der Waals surface area contributed by atoms with Gasteiger partial charge in [0.2, 0.25) is 0 Å². The summed E-state index contributed by atoms with van der Waals surface area (Å²) in [6.45, 7) is 0. The fourth-order valence-electron chi connectivity index (χ4n) is 3.49. The number of nitrogens with zero attached hydrogens (tertiary/aromatic N) is 4. The number of rotatable bonds is 5. The molecule has 9 heteroatoms. The fraction of sp³-hybridized carbons (Fsp3) is 0.0833. The quantitative estimate of drug-likeness (QED) is 0.369. The Morgan fingerprint density at radius 2 is 1.76 bits per heavy atom. The van der Waals surface area contributed by atoms with E-state index in [4.69, 9.17) is 9.47 Å². The van der Waals surface area contributed by atoms with Gasteiger partial charge in [0.25, 0.3) is 5.56 Å². The van der Waals surface area contributed by atoms with Crippen LogP contribution >= 0.6 is 11.3 Å². The van der Waals surface area contributed by atoms with Crippen molar-refractivity contribution in [2.24, 2.45) is 0 Å². The predicted octanol–water partition coefficient (Wildman–Crippen LogP) is 4.05. The number of esters is 1. The Labute approximate surface area is 192 Å². The van der Waals surface area contributed by atoms with Crippen LogP contribution in [0.15, 0.2) is 78.0 Å². The molecule has 33 heavy (non-hydrogen) atoms. The minimum Gasteiger partial charge on any atom is -0.497 e. The van der Waals surface area contributed by atoms with Crippen LogP contribution < -0.4 is 10.3 Å². The molecule has 0 saturated heterocycles. The molecule has 3 heterocycles. The van der Waals surface area contributed by atoms with E-state index in [0.717, 1.165) is 10.4 Å². The summed E-state index contributed by atoms with van der Waals surface area (Å²) in [4.78, 5) is 31.3. The van der Waals surface area contributed by atoms with Crippen molar-refractivity contribution in [3.63, 3.8) is 0 Å². The monoisotopic (exact) mass is 458 g/mol. The first kappa shape index (κ1) is 20.7. The van der Waals surface area contributed by atoms with Crippen LogP contribution in [0.4, 0.5) is 0 Å². The molecule has 0 fully saturated rings. The zero-order chi connectivity index (χ0) is 22.9. The van der Waals surface area contributed by atoms with Gasteiger partial charge in [0.05, 0.1) is 30.3 Å². The highest BCUT2D eigenvalue weighted by Gasteiger charge is 2.25. The maximum absolute atomic E-state index is 13.2. The highest BCUT2D eigenvalue weighted by atomic mass is 32.1. The van der Waals surface area contributed by atoms with Gasteiger partial charge in [-0.2, -0.15) is 9.78 Å². The molecule has 0 spiro atoms. The van der Waals surface area contributed by atoms with Crippen molar-refractivity contribution in [3.8, 4) is 38.3 Å². The molecule has 3 aromatic rings. The van der Waals surface area contributed by atoms with E-state index >= 15 is 0 Å². The van der Waals surface area contributed by atoms with Crippen molar-refractivity contribution in [1.29, 1.82) is 0 Å². The first-order valence-corrected chi connectivity index (χ1v) is 10.8. The second kappa shape index (κ2) is 8.36. The molecular weight excluding hydrogens is 440 g/mol. The number of hydrogen-bond donors (Lipinski definition) is 0. The number of thiazole rings is 1. The van der Waals surface area contributed by atoms with Gasteiger partial charge in [-0.05, 0) is 29.8 Å². The van der Waals surface area contributed by atoms with E-state index in [1.165, 1.54) is 23.1 Å². The van der Waals surface area contributed by atoms with E-state index in [0.29, 0.717) is 16.6 Å². The van der Waals surface area contributed by atoms with Crippen LogP contribution in [0.2, 0.25) is 0 Å². The molecule has 0 atom stereocenters. The van der Waals surface area contributed by atoms with Gasteiger partial charge in [0.15, 0.2) is 5.13 Å². The normalized spacial score (nSPS) is 11.0. The number of aromatic nitrogens is 4. The van der Waals surface area contributed by atoms with Crippen LogP contribution in [0.25, 0.3) is 32.5 Å². The zero-order valence-electron chi connectivity index (χ0n) is 17.8. The largest absolute Gasteiger partial charge is 0.497 e. The molecule has 0 bridgehead atoms. The third-order valence-electron chi connectivity index (χ3n) is 5.16. The maximum atomic E-state index is 13.2. The van der Waals surface area contributed by atoms with Gasteiger partial charge >= 0.3 is 5.97 Å². The lowest BCUT2D eigenvalue weighted by Crippen LogP contribution is -2.15. The smallest absolute Gasteiger partial charge is 0.341 e. The summed E-state index contributed by atoms with van der Waals surface area (Å²) in [7, 11) is 2.86. The SMILES string of the molecule is COC(=O)c1cn(-c2ncc(-c3ccccc3)s2)cc2c(=O)n(-c3ccc(OC)cc3)nc1-2. The minimum atomic E-state index is -0.589. The molecule has 0 N–H and O–H groups in total. The average Bonchev–Trinajstić information content (AvgIpc) is 3.49. The molecule has 2 aliphatic heterocycles. The predicted molar refractivity (Wildman–Crippen MR) is 125 cm³/mol. The molecule has 164 valence electrons. The average molecular weight is 458 g/mol. The first-order valence-electron chi connectivity index (χ1n) is 9.98. The highest BCUT2D eigenvalue weighted by molar-refractivity contribution is 7.17. The Hall–Kier alpha value is -4.24. The first-order chi connectivity index (χ1) is 16.1. The van der Waals surface area contributed by atoms with E-state index in [9.17, 15) is 9.59 Å². The van der Waals surface area contributed by atoms with Crippen LogP contribution in [-0.4, -0.2) is 39.5 Å². The summed E-state index contributed by atoms with van der Waals surface area (Å²) in [6.07, 6.45) is 5.00. The summed E-state index contributed by atoms with van der Waals surface area (Å²) < 4.78 is 13.1. The molecule has 1 aromatic heterocycles. The van der Waals surface area contributed by atoms with Gasteiger partial charge in [-0.1, -0.05) is 41.7 Å².